The first kappa shape index (κ1) is 17.4. The van der Waals surface area contributed by atoms with Gasteiger partial charge in [0.25, 0.3) is 0 Å². The van der Waals surface area contributed by atoms with Crippen LogP contribution < -0.4 is 5.32 Å². The number of carbonyl (C=O) groups excluding carboxylic acids is 1. The first-order valence-corrected chi connectivity index (χ1v) is 8.02. The van der Waals surface area contributed by atoms with Crippen LogP contribution in [0.5, 0.6) is 0 Å². The van der Waals surface area contributed by atoms with Crippen LogP contribution in [0.25, 0.3) is 0 Å². The molecule has 0 aromatic rings. The van der Waals surface area contributed by atoms with E-state index in [0.717, 1.165) is 32.4 Å². The van der Waals surface area contributed by atoms with Gasteiger partial charge in [0.2, 0.25) is 5.91 Å². The Morgan fingerprint density at radius 3 is 2.35 bits per heavy atom. The molecule has 0 aromatic carbocycles. The van der Waals surface area contributed by atoms with Crippen molar-refractivity contribution in [2.45, 2.75) is 65.5 Å². The molecule has 2 unspecified atom stereocenters. The number of hydrogen-bond donors (Lipinski definition) is 2. The molecule has 1 aliphatic rings. The third-order valence-corrected chi connectivity index (χ3v) is 4.93. The molecule has 1 saturated heterocycles. The van der Waals surface area contributed by atoms with E-state index in [1.165, 1.54) is 0 Å². The van der Waals surface area contributed by atoms with E-state index in [2.05, 4.69) is 31.0 Å². The lowest BCUT2D eigenvalue weighted by molar-refractivity contribution is -0.128. The van der Waals surface area contributed by atoms with E-state index in [4.69, 9.17) is 0 Å². The van der Waals surface area contributed by atoms with Gasteiger partial charge in [-0.3, -0.25) is 4.79 Å². The molecule has 118 valence electrons. The molecular formula is C16H32N2O2. The summed E-state index contributed by atoms with van der Waals surface area (Å²) in [5, 5.41) is 13.3. The predicted octanol–water partition coefficient (Wildman–Crippen LogP) is 2.02. The standard InChI is InChI=1S/C16H32N2O2/c1-6-13(4)16(5,20)11-17-15(19)14-7-9-18(10-8-14)12(2)3/h12-14,20H,6-11H2,1-5H3,(H,17,19). The zero-order chi connectivity index (χ0) is 15.3. The van der Waals surface area contributed by atoms with Crippen molar-refractivity contribution in [3.8, 4) is 0 Å². The van der Waals surface area contributed by atoms with Crippen LogP contribution >= 0.6 is 0 Å². The number of carbonyl (C=O) groups is 1. The normalized spacial score (nSPS) is 22.6. The predicted molar refractivity (Wildman–Crippen MR) is 82.5 cm³/mol. The van der Waals surface area contributed by atoms with Gasteiger partial charge in [-0.2, -0.15) is 0 Å². The number of piperidine rings is 1. The Morgan fingerprint density at radius 2 is 1.90 bits per heavy atom. The van der Waals surface area contributed by atoms with Crippen molar-refractivity contribution in [2.24, 2.45) is 11.8 Å². The number of nitrogens with zero attached hydrogens (tertiary/aromatic N) is 1. The first-order chi connectivity index (χ1) is 9.27. The van der Waals surface area contributed by atoms with Crippen LogP contribution in [0.15, 0.2) is 0 Å². The van der Waals surface area contributed by atoms with E-state index >= 15 is 0 Å². The largest absolute Gasteiger partial charge is 0.388 e. The van der Waals surface area contributed by atoms with Crippen molar-refractivity contribution in [3.05, 3.63) is 0 Å². The summed E-state index contributed by atoms with van der Waals surface area (Å²) in [7, 11) is 0. The molecule has 1 fully saturated rings. The molecule has 0 aliphatic carbocycles. The number of nitrogens with one attached hydrogen (secondary N) is 1. The Kier molecular flexibility index (Phi) is 6.46. The van der Waals surface area contributed by atoms with Crippen LogP contribution in [0.4, 0.5) is 0 Å². The van der Waals surface area contributed by atoms with Crippen LogP contribution in [0.1, 0.15) is 53.9 Å². The Hall–Kier alpha value is -0.610. The molecule has 1 aliphatic heterocycles. The summed E-state index contributed by atoms with van der Waals surface area (Å²) in [6.07, 6.45) is 2.76. The van der Waals surface area contributed by atoms with Crippen LogP contribution in [0, 0.1) is 11.8 Å². The third kappa shape index (κ3) is 4.74. The topological polar surface area (TPSA) is 52.6 Å². The van der Waals surface area contributed by atoms with Crippen molar-refractivity contribution >= 4 is 5.91 Å². The molecule has 0 aromatic heterocycles. The van der Waals surface area contributed by atoms with Crippen molar-refractivity contribution in [3.63, 3.8) is 0 Å². The maximum Gasteiger partial charge on any atom is 0.223 e. The number of rotatable bonds is 6. The fourth-order valence-corrected chi connectivity index (χ4v) is 2.70. The lowest BCUT2D eigenvalue weighted by atomic mass is 9.88. The summed E-state index contributed by atoms with van der Waals surface area (Å²) in [5.41, 5.74) is -0.816. The fraction of sp³-hybridized carbons (Fsp3) is 0.938. The van der Waals surface area contributed by atoms with Gasteiger partial charge in [-0.05, 0) is 52.6 Å². The highest BCUT2D eigenvalue weighted by Gasteiger charge is 2.30. The van der Waals surface area contributed by atoms with E-state index in [0.29, 0.717) is 12.6 Å². The molecule has 20 heavy (non-hydrogen) atoms. The highest BCUT2D eigenvalue weighted by Crippen LogP contribution is 2.21. The van der Waals surface area contributed by atoms with E-state index in [9.17, 15) is 9.90 Å². The average Bonchev–Trinajstić information content (AvgIpc) is 2.43. The molecule has 1 amide bonds. The Balaban J connectivity index is 2.38. The second-order valence-electron chi connectivity index (χ2n) is 6.79. The Bertz CT molecular complexity index is 308. The summed E-state index contributed by atoms with van der Waals surface area (Å²) in [4.78, 5) is 14.6. The molecule has 0 saturated carbocycles. The van der Waals surface area contributed by atoms with Gasteiger partial charge < -0.3 is 15.3 Å². The van der Waals surface area contributed by atoms with Gasteiger partial charge >= 0.3 is 0 Å². The monoisotopic (exact) mass is 284 g/mol. The third-order valence-electron chi connectivity index (χ3n) is 4.93. The van der Waals surface area contributed by atoms with Crippen molar-refractivity contribution in [2.75, 3.05) is 19.6 Å². The smallest absolute Gasteiger partial charge is 0.223 e. The zero-order valence-corrected chi connectivity index (χ0v) is 13.8. The van der Waals surface area contributed by atoms with Gasteiger partial charge in [0.1, 0.15) is 0 Å². The quantitative estimate of drug-likeness (QED) is 0.784. The lowest BCUT2D eigenvalue weighted by Crippen LogP contribution is -2.48. The number of hydrogen-bond acceptors (Lipinski definition) is 3. The molecule has 0 bridgehead atoms. The van der Waals surface area contributed by atoms with E-state index in [1.54, 1.807) is 0 Å². The minimum absolute atomic E-state index is 0.108. The van der Waals surface area contributed by atoms with Gasteiger partial charge in [-0.25, -0.2) is 0 Å². The second-order valence-corrected chi connectivity index (χ2v) is 6.79. The van der Waals surface area contributed by atoms with E-state index in [1.807, 2.05) is 13.8 Å². The first-order valence-electron chi connectivity index (χ1n) is 8.02. The molecule has 2 N–H and O–H groups in total. The molecule has 4 nitrogen and oxygen atoms in total. The highest BCUT2D eigenvalue weighted by molar-refractivity contribution is 5.78. The lowest BCUT2D eigenvalue weighted by Gasteiger charge is -2.35. The summed E-state index contributed by atoms with van der Waals surface area (Å²) in [5.74, 6) is 0.403. The van der Waals surface area contributed by atoms with Crippen molar-refractivity contribution < 1.29 is 9.90 Å². The fourth-order valence-electron chi connectivity index (χ4n) is 2.70. The average molecular weight is 284 g/mol. The molecule has 0 radical (unpaired) electrons. The van der Waals surface area contributed by atoms with Gasteiger partial charge in [-0.1, -0.05) is 20.3 Å². The summed E-state index contributed by atoms with van der Waals surface area (Å²) >= 11 is 0. The number of likely N-dealkylation sites (tertiary alicyclic amines) is 1. The highest BCUT2D eigenvalue weighted by atomic mass is 16.3. The number of amides is 1. The van der Waals surface area contributed by atoms with Crippen molar-refractivity contribution in [1.82, 2.24) is 10.2 Å². The Labute approximate surface area is 123 Å². The number of aliphatic hydroxyl groups is 1. The Morgan fingerprint density at radius 1 is 1.35 bits per heavy atom. The molecule has 1 heterocycles. The van der Waals surface area contributed by atoms with Gasteiger partial charge in [0, 0.05) is 18.5 Å². The molecule has 1 rings (SSSR count). The summed E-state index contributed by atoms with van der Waals surface area (Å²) < 4.78 is 0. The SMILES string of the molecule is CCC(C)C(C)(O)CNC(=O)C1CCN(C(C)C)CC1. The van der Waals surface area contributed by atoms with Crippen molar-refractivity contribution in [1.29, 1.82) is 0 Å². The van der Waals surface area contributed by atoms with E-state index < -0.39 is 5.60 Å². The van der Waals surface area contributed by atoms with Gasteiger partial charge in [0.05, 0.1) is 5.60 Å². The van der Waals surface area contributed by atoms with Crippen LogP contribution in [-0.4, -0.2) is 47.2 Å². The van der Waals surface area contributed by atoms with Gasteiger partial charge in [0.15, 0.2) is 0 Å². The zero-order valence-electron chi connectivity index (χ0n) is 13.8. The summed E-state index contributed by atoms with van der Waals surface area (Å²) in [6.45, 7) is 12.6. The summed E-state index contributed by atoms with van der Waals surface area (Å²) in [6, 6.07) is 0.560. The molecular weight excluding hydrogens is 252 g/mol. The molecule has 4 heteroatoms. The maximum absolute atomic E-state index is 12.2. The van der Waals surface area contributed by atoms with Crippen LogP contribution in [0.3, 0.4) is 0 Å². The second kappa shape index (κ2) is 7.41. The minimum atomic E-state index is -0.816. The van der Waals surface area contributed by atoms with E-state index in [-0.39, 0.29) is 17.7 Å². The van der Waals surface area contributed by atoms with Gasteiger partial charge in [-0.15, -0.1) is 0 Å². The maximum atomic E-state index is 12.2. The minimum Gasteiger partial charge on any atom is -0.388 e. The van der Waals surface area contributed by atoms with Crippen LogP contribution in [-0.2, 0) is 4.79 Å². The van der Waals surface area contributed by atoms with Crippen LogP contribution in [0.2, 0.25) is 0 Å². The molecule has 0 spiro atoms. The molecule has 2 atom stereocenters.